The highest BCUT2D eigenvalue weighted by Gasteiger charge is 2.20. The number of pyridine rings is 2. The molecule has 5 heterocycles. The molecule has 6 aromatic rings. The van der Waals surface area contributed by atoms with E-state index in [2.05, 4.69) is 15.0 Å². The van der Waals surface area contributed by atoms with Crippen molar-refractivity contribution in [3.63, 3.8) is 0 Å². The molecule has 0 fully saturated rings. The van der Waals surface area contributed by atoms with Crippen LogP contribution in [0.25, 0.3) is 50.2 Å². The Morgan fingerprint density at radius 1 is 0.719 bits per heavy atom. The lowest BCUT2D eigenvalue weighted by Gasteiger charge is -2.09. The Bertz CT molecular complexity index is 1630. The van der Waals surface area contributed by atoms with Gasteiger partial charge in [0, 0.05) is 17.8 Å². The van der Waals surface area contributed by atoms with E-state index in [9.17, 15) is 4.79 Å². The Morgan fingerprint density at radius 3 is 2.03 bits per heavy atom. The smallest absolute Gasteiger partial charge is 0.266 e. The number of fused-ring (bicyclic) bond motifs is 2. The Morgan fingerprint density at radius 2 is 1.38 bits per heavy atom. The molecule has 0 aliphatic rings. The molecule has 0 unspecified atom stereocenters. The molecule has 32 heavy (non-hydrogen) atoms. The van der Waals surface area contributed by atoms with Crippen LogP contribution in [0.5, 0.6) is 0 Å². The molecule has 0 bridgehead atoms. The summed E-state index contributed by atoms with van der Waals surface area (Å²) in [6.07, 6.45) is 3.38. The molecule has 0 aliphatic heterocycles. The second kappa shape index (κ2) is 7.44. The van der Waals surface area contributed by atoms with Gasteiger partial charge in [-0.25, -0.2) is 14.4 Å². The highest BCUT2D eigenvalue weighted by Crippen LogP contribution is 2.29. The van der Waals surface area contributed by atoms with Gasteiger partial charge in [0.25, 0.3) is 5.56 Å². The molecule has 0 spiro atoms. The van der Waals surface area contributed by atoms with E-state index in [-0.39, 0.29) is 16.7 Å². The van der Waals surface area contributed by atoms with Gasteiger partial charge in [-0.2, -0.15) is 4.98 Å². The van der Waals surface area contributed by atoms with E-state index in [1.807, 2.05) is 72.1 Å². The van der Waals surface area contributed by atoms with Crippen molar-refractivity contribution in [2.75, 3.05) is 0 Å². The molecule has 0 saturated carbocycles. The SMILES string of the molecule is O=c1c2nc(-c3ccccn3)c(-c3ccccn3)nc2nc2scc(-c3ccccc3)n12. The first-order valence-corrected chi connectivity index (χ1v) is 10.8. The van der Waals surface area contributed by atoms with E-state index in [1.165, 1.54) is 11.3 Å². The summed E-state index contributed by atoms with van der Waals surface area (Å²) in [7, 11) is 0. The average molecular weight is 434 g/mol. The summed E-state index contributed by atoms with van der Waals surface area (Å²) in [5.41, 5.74) is 4.21. The minimum absolute atomic E-state index is 0.193. The highest BCUT2D eigenvalue weighted by atomic mass is 32.1. The van der Waals surface area contributed by atoms with Gasteiger partial charge in [0.1, 0.15) is 11.4 Å². The molecular formula is C24H14N6OS. The number of hydrogen-bond acceptors (Lipinski definition) is 7. The summed E-state index contributed by atoms with van der Waals surface area (Å²) in [6, 6.07) is 20.9. The van der Waals surface area contributed by atoms with Gasteiger partial charge in [-0.3, -0.25) is 14.8 Å². The predicted molar refractivity (Wildman–Crippen MR) is 124 cm³/mol. The van der Waals surface area contributed by atoms with Crippen molar-refractivity contribution in [2.24, 2.45) is 0 Å². The minimum atomic E-state index is -0.262. The molecule has 0 amide bonds. The van der Waals surface area contributed by atoms with Crippen molar-refractivity contribution < 1.29 is 0 Å². The van der Waals surface area contributed by atoms with Crippen molar-refractivity contribution in [3.05, 3.63) is 94.9 Å². The van der Waals surface area contributed by atoms with Crippen LogP contribution < -0.4 is 5.56 Å². The predicted octanol–water partition coefficient (Wildman–Crippen LogP) is 4.49. The summed E-state index contributed by atoms with van der Waals surface area (Å²) in [6.45, 7) is 0. The number of thiazole rings is 1. The van der Waals surface area contributed by atoms with Gasteiger partial charge in [0.05, 0.1) is 17.1 Å². The molecule has 7 nitrogen and oxygen atoms in total. The maximum Gasteiger partial charge on any atom is 0.287 e. The van der Waals surface area contributed by atoms with Gasteiger partial charge in [-0.05, 0) is 29.8 Å². The third-order valence-electron chi connectivity index (χ3n) is 5.08. The highest BCUT2D eigenvalue weighted by molar-refractivity contribution is 7.15. The largest absolute Gasteiger partial charge is 0.287 e. The second-order valence-corrected chi connectivity index (χ2v) is 7.88. The standard InChI is InChI=1S/C24H14N6OS/c31-23-21-22(29-24-30(23)18(14-32-24)15-8-2-1-3-9-15)28-20(17-11-5-7-13-26-17)19(27-21)16-10-4-6-12-25-16/h1-14H. The summed E-state index contributed by atoms with van der Waals surface area (Å²) >= 11 is 1.40. The van der Waals surface area contributed by atoms with Crippen LogP contribution in [0.1, 0.15) is 0 Å². The number of benzene rings is 1. The van der Waals surface area contributed by atoms with Crippen molar-refractivity contribution in [1.82, 2.24) is 29.3 Å². The van der Waals surface area contributed by atoms with Crippen molar-refractivity contribution in [1.29, 1.82) is 0 Å². The molecule has 6 rings (SSSR count). The molecule has 0 saturated heterocycles. The fourth-order valence-electron chi connectivity index (χ4n) is 3.60. The van der Waals surface area contributed by atoms with Crippen LogP contribution in [-0.4, -0.2) is 29.3 Å². The zero-order valence-corrected chi connectivity index (χ0v) is 17.4. The first-order valence-electron chi connectivity index (χ1n) is 9.90. The Hall–Kier alpha value is -4.30. The molecule has 5 aromatic heterocycles. The lowest BCUT2D eigenvalue weighted by Crippen LogP contribution is -2.17. The van der Waals surface area contributed by atoms with Crippen LogP contribution in [0.3, 0.4) is 0 Å². The van der Waals surface area contributed by atoms with Crippen LogP contribution in [-0.2, 0) is 0 Å². The van der Waals surface area contributed by atoms with Gasteiger partial charge < -0.3 is 0 Å². The fourth-order valence-corrected chi connectivity index (χ4v) is 4.49. The minimum Gasteiger partial charge on any atom is -0.266 e. The van der Waals surface area contributed by atoms with E-state index < -0.39 is 0 Å². The van der Waals surface area contributed by atoms with E-state index in [0.29, 0.717) is 27.7 Å². The van der Waals surface area contributed by atoms with E-state index in [1.54, 1.807) is 16.8 Å². The lowest BCUT2D eigenvalue weighted by molar-refractivity contribution is 1.08. The number of rotatable bonds is 3. The van der Waals surface area contributed by atoms with E-state index in [0.717, 1.165) is 11.3 Å². The summed E-state index contributed by atoms with van der Waals surface area (Å²) < 4.78 is 1.60. The first kappa shape index (κ1) is 18.5. The van der Waals surface area contributed by atoms with Crippen LogP contribution in [0, 0.1) is 0 Å². The molecule has 1 aromatic carbocycles. The van der Waals surface area contributed by atoms with Crippen molar-refractivity contribution >= 4 is 27.5 Å². The summed E-state index contributed by atoms with van der Waals surface area (Å²) in [5.74, 6) is 0. The molecule has 0 aliphatic carbocycles. The Labute approximate surface area is 185 Å². The van der Waals surface area contributed by atoms with E-state index in [4.69, 9.17) is 9.97 Å². The zero-order chi connectivity index (χ0) is 21.5. The van der Waals surface area contributed by atoms with E-state index >= 15 is 0 Å². The van der Waals surface area contributed by atoms with Crippen molar-refractivity contribution in [2.45, 2.75) is 0 Å². The number of nitrogens with zero attached hydrogens (tertiary/aromatic N) is 6. The van der Waals surface area contributed by atoms with Gasteiger partial charge in [0.2, 0.25) is 0 Å². The molecular weight excluding hydrogens is 420 g/mol. The Balaban J connectivity index is 1.69. The summed E-state index contributed by atoms with van der Waals surface area (Å²) in [5, 5.41) is 1.93. The first-order chi connectivity index (χ1) is 15.8. The molecule has 8 heteroatoms. The number of hydrogen-bond donors (Lipinski definition) is 0. The topological polar surface area (TPSA) is 85.9 Å². The van der Waals surface area contributed by atoms with Gasteiger partial charge in [-0.1, -0.05) is 42.5 Å². The molecule has 0 N–H and O–H groups in total. The average Bonchev–Trinajstić information content (AvgIpc) is 3.29. The normalized spacial score (nSPS) is 11.2. The molecule has 0 atom stereocenters. The third kappa shape index (κ3) is 2.97. The molecule has 152 valence electrons. The van der Waals surface area contributed by atoms with Gasteiger partial charge >= 0.3 is 0 Å². The second-order valence-electron chi connectivity index (χ2n) is 7.04. The van der Waals surface area contributed by atoms with Crippen LogP contribution in [0.15, 0.2) is 89.3 Å². The number of aromatic nitrogens is 6. The van der Waals surface area contributed by atoms with Crippen LogP contribution in [0.2, 0.25) is 0 Å². The summed E-state index contributed by atoms with van der Waals surface area (Å²) in [4.78, 5) is 37.1. The van der Waals surface area contributed by atoms with Gasteiger partial charge in [-0.15, -0.1) is 11.3 Å². The van der Waals surface area contributed by atoms with Crippen LogP contribution >= 0.6 is 11.3 Å². The third-order valence-corrected chi connectivity index (χ3v) is 5.90. The zero-order valence-electron chi connectivity index (χ0n) is 16.6. The monoisotopic (exact) mass is 434 g/mol. The molecule has 0 radical (unpaired) electrons. The fraction of sp³-hybridized carbons (Fsp3) is 0. The van der Waals surface area contributed by atoms with Crippen LogP contribution in [0.4, 0.5) is 0 Å². The maximum atomic E-state index is 13.6. The van der Waals surface area contributed by atoms with Gasteiger partial charge in [0.15, 0.2) is 16.1 Å². The Kier molecular flexibility index (Phi) is 4.29. The maximum absolute atomic E-state index is 13.6. The van der Waals surface area contributed by atoms with Crippen molar-refractivity contribution in [3.8, 4) is 34.0 Å². The quantitative estimate of drug-likeness (QED) is 0.408. The lowest BCUT2D eigenvalue weighted by atomic mass is 10.1.